The maximum atomic E-state index is 12.9. The van der Waals surface area contributed by atoms with Gasteiger partial charge < -0.3 is 11.1 Å². The molecule has 1 aromatic rings. The minimum Gasteiger partial charge on any atom is -0.403 e. The summed E-state index contributed by atoms with van der Waals surface area (Å²) >= 11 is 0. The van der Waals surface area contributed by atoms with Gasteiger partial charge in [0.25, 0.3) is 0 Å². The minimum absolute atomic E-state index is 0.151. The number of aromatic nitrogens is 2. The number of carbonyl (C=O) groups excluding carboxylic acids is 1. The number of hydrogen-bond acceptors (Lipinski definition) is 4. The first-order valence-electron chi connectivity index (χ1n) is 10.4. The van der Waals surface area contributed by atoms with Crippen LogP contribution in [0.15, 0.2) is 53.9 Å². The summed E-state index contributed by atoms with van der Waals surface area (Å²) in [5.41, 5.74) is 10.2. The van der Waals surface area contributed by atoms with Gasteiger partial charge in [-0.25, -0.2) is 0 Å². The Kier molecular flexibility index (Phi) is 5.03. The first kappa shape index (κ1) is 19.4. The molecule has 1 unspecified atom stereocenters. The number of rotatable bonds is 6. The molecule has 152 valence electrons. The van der Waals surface area contributed by atoms with E-state index < -0.39 is 0 Å². The summed E-state index contributed by atoms with van der Waals surface area (Å²) in [4.78, 5) is 12.9. The van der Waals surface area contributed by atoms with Crippen LogP contribution in [0.5, 0.6) is 0 Å². The second-order valence-electron chi connectivity index (χ2n) is 8.43. The molecule has 2 fully saturated rings. The van der Waals surface area contributed by atoms with Gasteiger partial charge in [-0.05, 0) is 49.3 Å². The summed E-state index contributed by atoms with van der Waals surface area (Å²) in [5, 5.41) is 16.2. The average Bonchev–Trinajstić information content (AvgIpc) is 3.06. The number of carbonyl (C=O) groups is 1. The number of ketones is 1. The molecule has 0 bridgehead atoms. The normalized spacial score (nSPS) is 31.5. The number of Topliss-reactive ketones (excluding diaryl/α,β-unsaturated/α-hetero) is 1. The van der Waals surface area contributed by atoms with Crippen LogP contribution < -0.4 is 16.5 Å². The molecule has 0 aliphatic heterocycles. The molecule has 0 aromatic carbocycles. The van der Waals surface area contributed by atoms with Crippen LogP contribution in [0.1, 0.15) is 49.4 Å². The molecular weight excluding hydrogens is 362 g/mol. The summed E-state index contributed by atoms with van der Waals surface area (Å²) in [6.45, 7) is 6.45. The monoisotopic (exact) mass is 392 g/mol. The lowest BCUT2D eigenvalue weighted by Gasteiger charge is -2.34. The van der Waals surface area contributed by atoms with E-state index in [0.717, 1.165) is 54.6 Å². The van der Waals surface area contributed by atoms with Crippen LogP contribution in [-0.4, -0.2) is 28.2 Å². The standard InChI is InChI=1S/C23H29N5O/c1-14-11-20(28-27-14)17-8-6-16(7-9-17)15(2)19-5-3-4-10-23(19)21(22(23)29)26-18(12-24)13-25/h6-8,11-13,17,19,21,24,26H,2-5,9-10,25H2,1H3,(H,27,28)/p+1/b18-13+,24-12?/t17?,19-,21+,23+/m0/s1. The number of aryl methyl sites for hydroxylation is 1. The van der Waals surface area contributed by atoms with Crippen LogP contribution >= 0.6 is 0 Å². The van der Waals surface area contributed by atoms with Crippen molar-refractivity contribution in [2.45, 2.75) is 51.0 Å². The zero-order valence-corrected chi connectivity index (χ0v) is 16.9. The number of aromatic amines is 1. The molecule has 4 atom stereocenters. The first-order valence-corrected chi connectivity index (χ1v) is 10.4. The molecule has 0 amide bonds. The first-order chi connectivity index (χ1) is 14.0. The lowest BCUT2D eigenvalue weighted by molar-refractivity contribution is -0.114. The summed E-state index contributed by atoms with van der Waals surface area (Å²) in [6, 6.07) is 1.86. The number of nitrogens with one attached hydrogen (secondary N) is 2. The lowest BCUT2D eigenvalue weighted by atomic mass is 9.70. The van der Waals surface area contributed by atoms with Crippen molar-refractivity contribution in [1.82, 2.24) is 15.5 Å². The van der Waals surface area contributed by atoms with E-state index in [2.05, 4.69) is 46.4 Å². The molecule has 6 nitrogen and oxygen atoms in total. The highest BCUT2D eigenvalue weighted by Gasteiger charge is 2.69. The van der Waals surface area contributed by atoms with Gasteiger partial charge in [0.15, 0.2) is 12.0 Å². The maximum absolute atomic E-state index is 12.9. The highest BCUT2D eigenvalue weighted by molar-refractivity contribution is 6.09. The van der Waals surface area contributed by atoms with Gasteiger partial charge in [-0.15, -0.1) is 0 Å². The Morgan fingerprint density at radius 3 is 2.93 bits per heavy atom. The Morgan fingerprint density at radius 2 is 2.31 bits per heavy atom. The van der Waals surface area contributed by atoms with Gasteiger partial charge in [0.05, 0.1) is 17.2 Å². The van der Waals surface area contributed by atoms with Gasteiger partial charge in [0, 0.05) is 17.8 Å². The third-order valence-electron chi connectivity index (χ3n) is 6.77. The predicted octanol–water partition coefficient (Wildman–Crippen LogP) is 1.59. The van der Waals surface area contributed by atoms with Gasteiger partial charge >= 0.3 is 0 Å². The summed E-state index contributed by atoms with van der Waals surface area (Å²) in [5.74, 6) is 0.694. The fourth-order valence-corrected chi connectivity index (χ4v) is 5.11. The van der Waals surface area contributed by atoms with Crippen molar-refractivity contribution in [3.05, 3.63) is 65.3 Å². The zero-order chi connectivity index (χ0) is 20.6. The van der Waals surface area contributed by atoms with Crippen LogP contribution in [0.25, 0.3) is 0 Å². The number of hydrogen-bond donors (Lipinski definition) is 4. The fraction of sp³-hybridized carbons (Fsp3) is 0.435. The second-order valence-corrected chi connectivity index (χ2v) is 8.43. The van der Waals surface area contributed by atoms with Gasteiger partial charge in [0.2, 0.25) is 0 Å². The smallest absolute Gasteiger partial charge is 0.185 e. The Balaban J connectivity index is 1.50. The van der Waals surface area contributed by atoms with Crippen molar-refractivity contribution in [2.75, 3.05) is 0 Å². The van der Waals surface area contributed by atoms with Crippen molar-refractivity contribution in [3.8, 4) is 0 Å². The van der Waals surface area contributed by atoms with Gasteiger partial charge in [-0.3, -0.25) is 15.3 Å². The molecule has 6 heteroatoms. The van der Waals surface area contributed by atoms with E-state index >= 15 is 0 Å². The highest BCUT2D eigenvalue weighted by atomic mass is 16.1. The van der Waals surface area contributed by atoms with Gasteiger partial charge in [-0.2, -0.15) is 5.10 Å². The zero-order valence-electron chi connectivity index (χ0n) is 16.9. The highest BCUT2D eigenvalue weighted by Crippen LogP contribution is 2.59. The third-order valence-corrected chi connectivity index (χ3v) is 6.77. The molecule has 6 N–H and O–H groups in total. The largest absolute Gasteiger partial charge is 0.403 e. The van der Waals surface area contributed by atoms with Crippen molar-refractivity contribution in [2.24, 2.45) is 17.1 Å². The lowest BCUT2D eigenvalue weighted by Crippen LogP contribution is -2.38. The van der Waals surface area contributed by atoms with Crippen LogP contribution in [0.4, 0.5) is 0 Å². The SMILES string of the molecule is C=C(C1=CCC(c2cc(C)[nH]n2)C=C1)[C@@H]1CCCC[C@@]12C(=O)[C@H]2N/C(C=[NH2+])=C/N. The molecule has 3 aliphatic carbocycles. The molecule has 4 rings (SSSR count). The van der Waals surface area contributed by atoms with E-state index in [9.17, 15) is 4.79 Å². The molecule has 3 aliphatic rings. The van der Waals surface area contributed by atoms with Crippen LogP contribution in [0, 0.1) is 18.3 Å². The predicted molar refractivity (Wildman–Crippen MR) is 114 cm³/mol. The van der Waals surface area contributed by atoms with E-state index in [1.807, 2.05) is 6.92 Å². The van der Waals surface area contributed by atoms with Crippen molar-refractivity contribution >= 4 is 12.0 Å². The summed E-state index contributed by atoms with van der Waals surface area (Å²) in [6.07, 6.45) is 14.4. The number of H-pyrrole nitrogens is 1. The molecule has 1 spiro atoms. The third kappa shape index (κ3) is 3.26. The maximum Gasteiger partial charge on any atom is 0.185 e. The molecule has 0 saturated heterocycles. The van der Waals surface area contributed by atoms with Crippen molar-refractivity contribution in [1.29, 1.82) is 0 Å². The Morgan fingerprint density at radius 1 is 1.48 bits per heavy atom. The molecule has 2 saturated carbocycles. The van der Waals surface area contributed by atoms with E-state index in [1.165, 1.54) is 12.4 Å². The van der Waals surface area contributed by atoms with Crippen LogP contribution in [0.3, 0.4) is 0 Å². The van der Waals surface area contributed by atoms with E-state index in [1.54, 1.807) is 0 Å². The van der Waals surface area contributed by atoms with Crippen LogP contribution in [0.2, 0.25) is 0 Å². The van der Waals surface area contributed by atoms with Gasteiger partial charge in [0.1, 0.15) is 5.70 Å². The number of nitrogens with two attached hydrogens (primary N) is 2. The number of allylic oxidation sites excluding steroid dienone is 6. The molecule has 1 aromatic heterocycles. The number of nitrogens with zero attached hydrogens (tertiary/aromatic N) is 1. The van der Waals surface area contributed by atoms with E-state index in [4.69, 9.17) is 11.1 Å². The molecular formula is C23H30N5O+. The molecule has 29 heavy (non-hydrogen) atoms. The van der Waals surface area contributed by atoms with Crippen molar-refractivity contribution < 1.29 is 10.2 Å². The topological polar surface area (TPSA) is 109 Å². The fourth-order valence-electron chi connectivity index (χ4n) is 5.11. The Bertz CT molecular complexity index is 937. The van der Waals surface area contributed by atoms with E-state index in [0.29, 0.717) is 5.70 Å². The Hall–Kier alpha value is -2.89. The summed E-state index contributed by atoms with van der Waals surface area (Å²) in [7, 11) is 0. The van der Waals surface area contributed by atoms with Crippen molar-refractivity contribution in [3.63, 3.8) is 0 Å². The van der Waals surface area contributed by atoms with E-state index in [-0.39, 0.29) is 29.1 Å². The second kappa shape index (κ2) is 7.50. The minimum atomic E-state index is -0.378. The Labute approximate surface area is 171 Å². The molecule has 0 radical (unpaired) electrons. The van der Waals surface area contributed by atoms with Crippen LogP contribution in [-0.2, 0) is 4.79 Å². The average molecular weight is 393 g/mol. The van der Waals surface area contributed by atoms with Gasteiger partial charge in [-0.1, -0.05) is 37.6 Å². The summed E-state index contributed by atoms with van der Waals surface area (Å²) < 4.78 is 0. The quantitative estimate of drug-likeness (QED) is 0.551. The molecule has 1 heterocycles.